The SMILES string of the molecule is N#Cc1c(-c2ccccc2)cccc1-c1ccccc1-c1ccccc1. The van der Waals surface area contributed by atoms with Gasteiger partial charge in [-0.2, -0.15) is 5.26 Å². The summed E-state index contributed by atoms with van der Waals surface area (Å²) in [6.45, 7) is 0. The third-order valence-electron chi connectivity index (χ3n) is 4.56. The number of hydrogen-bond acceptors (Lipinski definition) is 1. The van der Waals surface area contributed by atoms with E-state index in [2.05, 4.69) is 30.3 Å². The van der Waals surface area contributed by atoms with Crippen molar-refractivity contribution in [2.24, 2.45) is 0 Å². The van der Waals surface area contributed by atoms with Crippen LogP contribution in [0.25, 0.3) is 33.4 Å². The second-order valence-electron chi connectivity index (χ2n) is 6.12. The summed E-state index contributed by atoms with van der Waals surface area (Å²) in [5.41, 5.74) is 7.06. The third-order valence-corrected chi connectivity index (χ3v) is 4.56. The number of nitriles is 1. The molecule has 0 N–H and O–H groups in total. The van der Waals surface area contributed by atoms with E-state index in [1.54, 1.807) is 0 Å². The molecule has 4 aromatic carbocycles. The van der Waals surface area contributed by atoms with Crippen LogP contribution in [-0.2, 0) is 0 Å². The molecular formula is C25H17N. The second kappa shape index (κ2) is 7.09. The summed E-state index contributed by atoms with van der Waals surface area (Å²) in [4.78, 5) is 0. The molecule has 0 amide bonds. The van der Waals surface area contributed by atoms with Crippen molar-refractivity contribution in [1.82, 2.24) is 0 Å². The van der Waals surface area contributed by atoms with Gasteiger partial charge in [0, 0.05) is 11.1 Å². The molecule has 0 saturated heterocycles. The number of benzene rings is 4. The van der Waals surface area contributed by atoms with Crippen molar-refractivity contribution in [2.75, 3.05) is 0 Å². The molecule has 0 spiro atoms. The van der Waals surface area contributed by atoms with Gasteiger partial charge < -0.3 is 0 Å². The zero-order valence-electron chi connectivity index (χ0n) is 14.3. The summed E-state index contributed by atoms with van der Waals surface area (Å²) in [6.07, 6.45) is 0. The Morgan fingerprint density at radius 1 is 0.423 bits per heavy atom. The molecule has 4 aromatic rings. The maximum absolute atomic E-state index is 9.93. The fourth-order valence-electron chi connectivity index (χ4n) is 3.34. The molecule has 0 aromatic heterocycles. The average Bonchev–Trinajstić information content (AvgIpc) is 2.74. The smallest absolute Gasteiger partial charge is 0.100 e. The maximum atomic E-state index is 9.93. The van der Waals surface area contributed by atoms with E-state index in [1.807, 2.05) is 78.9 Å². The lowest BCUT2D eigenvalue weighted by Gasteiger charge is -2.14. The van der Waals surface area contributed by atoms with Crippen molar-refractivity contribution < 1.29 is 0 Å². The van der Waals surface area contributed by atoms with Crippen LogP contribution in [0.15, 0.2) is 103 Å². The van der Waals surface area contributed by atoms with E-state index in [9.17, 15) is 5.26 Å². The molecule has 1 nitrogen and oxygen atoms in total. The molecule has 0 aliphatic heterocycles. The Morgan fingerprint density at radius 2 is 0.885 bits per heavy atom. The zero-order chi connectivity index (χ0) is 17.8. The summed E-state index contributed by atoms with van der Waals surface area (Å²) < 4.78 is 0. The summed E-state index contributed by atoms with van der Waals surface area (Å²) in [5, 5.41) is 9.93. The highest BCUT2D eigenvalue weighted by atomic mass is 14.3. The molecule has 0 radical (unpaired) electrons. The van der Waals surface area contributed by atoms with Gasteiger partial charge >= 0.3 is 0 Å². The highest BCUT2D eigenvalue weighted by molar-refractivity contribution is 5.89. The van der Waals surface area contributed by atoms with Crippen LogP contribution in [0, 0.1) is 11.3 Å². The van der Waals surface area contributed by atoms with Gasteiger partial charge in [0.05, 0.1) is 5.56 Å². The highest BCUT2D eigenvalue weighted by Gasteiger charge is 2.14. The summed E-state index contributed by atoms with van der Waals surface area (Å²) in [5.74, 6) is 0. The third kappa shape index (κ3) is 2.90. The molecule has 0 aliphatic rings. The normalized spacial score (nSPS) is 10.3. The first kappa shape index (κ1) is 15.9. The van der Waals surface area contributed by atoms with Crippen molar-refractivity contribution in [1.29, 1.82) is 5.26 Å². The van der Waals surface area contributed by atoms with Gasteiger partial charge in [0.15, 0.2) is 0 Å². The molecule has 26 heavy (non-hydrogen) atoms. The van der Waals surface area contributed by atoms with Crippen LogP contribution in [0.4, 0.5) is 0 Å². The van der Waals surface area contributed by atoms with E-state index in [-0.39, 0.29) is 0 Å². The lowest BCUT2D eigenvalue weighted by Crippen LogP contribution is -1.92. The Balaban J connectivity index is 1.95. The van der Waals surface area contributed by atoms with Crippen LogP contribution in [0.2, 0.25) is 0 Å². The minimum atomic E-state index is 0.710. The molecule has 0 saturated carbocycles. The molecular weight excluding hydrogens is 314 g/mol. The first-order valence-electron chi connectivity index (χ1n) is 8.62. The van der Waals surface area contributed by atoms with Gasteiger partial charge in [-0.25, -0.2) is 0 Å². The Kier molecular flexibility index (Phi) is 4.33. The second-order valence-corrected chi connectivity index (χ2v) is 6.12. The van der Waals surface area contributed by atoms with Crippen LogP contribution in [-0.4, -0.2) is 0 Å². The van der Waals surface area contributed by atoms with Crippen molar-refractivity contribution in [3.8, 4) is 39.4 Å². The van der Waals surface area contributed by atoms with E-state index in [0.29, 0.717) is 5.56 Å². The summed E-state index contributed by atoms with van der Waals surface area (Å²) in [6, 6.07) is 37.2. The Morgan fingerprint density at radius 3 is 1.50 bits per heavy atom. The molecule has 0 aliphatic carbocycles. The predicted molar refractivity (Wildman–Crippen MR) is 107 cm³/mol. The van der Waals surface area contributed by atoms with Crippen molar-refractivity contribution >= 4 is 0 Å². The molecule has 1 heteroatoms. The Hall–Kier alpha value is -3.63. The van der Waals surface area contributed by atoms with E-state index in [0.717, 1.165) is 33.4 Å². The standard InChI is InChI=1S/C25H17N/c26-18-25-22(20-12-5-2-6-13-20)16-9-17-24(25)23-15-8-7-14-21(23)19-10-3-1-4-11-19/h1-17H. The maximum Gasteiger partial charge on any atom is 0.100 e. The van der Waals surface area contributed by atoms with Crippen LogP contribution < -0.4 is 0 Å². The monoisotopic (exact) mass is 331 g/mol. The van der Waals surface area contributed by atoms with Gasteiger partial charge in [0.1, 0.15) is 6.07 Å². The van der Waals surface area contributed by atoms with Crippen molar-refractivity contribution in [3.05, 3.63) is 109 Å². The highest BCUT2D eigenvalue weighted by Crippen LogP contribution is 2.37. The zero-order valence-corrected chi connectivity index (χ0v) is 14.3. The average molecular weight is 331 g/mol. The molecule has 0 fully saturated rings. The molecule has 122 valence electrons. The van der Waals surface area contributed by atoms with Gasteiger partial charge in [-0.3, -0.25) is 0 Å². The quantitative estimate of drug-likeness (QED) is 0.417. The minimum Gasteiger partial charge on any atom is -0.192 e. The van der Waals surface area contributed by atoms with Gasteiger partial charge in [-0.15, -0.1) is 0 Å². The first-order chi connectivity index (χ1) is 12.9. The lowest BCUT2D eigenvalue weighted by atomic mass is 9.88. The molecule has 0 atom stereocenters. The number of nitrogens with zero attached hydrogens (tertiary/aromatic N) is 1. The minimum absolute atomic E-state index is 0.710. The Labute approximate surface area is 153 Å². The fourth-order valence-corrected chi connectivity index (χ4v) is 3.34. The van der Waals surface area contributed by atoms with Gasteiger partial charge in [-0.05, 0) is 22.3 Å². The van der Waals surface area contributed by atoms with Crippen LogP contribution >= 0.6 is 0 Å². The summed E-state index contributed by atoms with van der Waals surface area (Å²) >= 11 is 0. The first-order valence-corrected chi connectivity index (χ1v) is 8.62. The molecule has 0 bridgehead atoms. The largest absolute Gasteiger partial charge is 0.192 e. The van der Waals surface area contributed by atoms with Crippen LogP contribution in [0.5, 0.6) is 0 Å². The van der Waals surface area contributed by atoms with Gasteiger partial charge in [0.2, 0.25) is 0 Å². The van der Waals surface area contributed by atoms with E-state index in [1.165, 1.54) is 0 Å². The molecule has 0 heterocycles. The van der Waals surface area contributed by atoms with Gasteiger partial charge in [-0.1, -0.05) is 103 Å². The fraction of sp³-hybridized carbons (Fsp3) is 0. The van der Waals surface area contributed by atoms with Crippen molar-refractivity contribution in [2.45, 2.75) is 0 Å². The van der Waals surface area contributed by atoms with E-state index < -0.39 is 0 Å². The lowest BCUT2D eigenvalue weighted by molar-refractivity contribution is 1.47. The van der Waals surface area contributed by atoms with Gasteiger partial charge in [0.25, 0.3) is 0 Å². The Bertz CT molecular complexity index is 1070. The van der Waals surface area contributed by atoms with Crippen LogP contribution in [0.1, 0.15) is 5.56 Å². The van der Waals surface area contributed by atoms with Crippen LogP contribution in [0.3, 0.4) is 0 Å². The topological polar surface area (TPSA) is 23.8 Å². The molecule has 4 rings (SSSR count). The number of hydrogen-bond donors (Lipinski definition) is 0. The van der Waals surface area contributed by atoms with E-state index in [4.69, 9.17) is 0 Å². The predicted octanol–water partition coefficient (Wildman–Crippen LogP) is 6.56. The number of rotatable bonds is 3. The van der Waals surface area contributed by atoms with E-state index >= 15 is 0 Å². The molecule has 0 unspecified atom stereocenters. The summed E-state index contributed by atoms with van der Waals surface area (Å²) in [7, 11) is 0. The van der Waals surface area contributed by atoms with Crippen molar-refractivity contribution in [3.63, 3.8) is 0 Å².